The minimum absolute atomic E-state index is 0.419. The maximum atomic E-state index is 5.72. The number of hydrogen-bond donors (Lipinski definition) is 1. The molecule has 1 fully saturated rings. The fourth-order valence-corrected chi connectivity index (χ4v) is 3.87. The highest BCUT2D eigenvalue weighted by molar-refractivity contribution is 7.99. The van der Waals surface area contributed by atoms with E-state index < -0.39 is 0 Å². The number of rotatable bonds is 8. The monoisotopic (exact) mass is 294 g/mol. The second kappa shape index (κ2) is 8.53. The molecule has 1 saturated heterocycles. The van der Waals surface area contributed by atoms with Gasteiger partial charge in [-0.25, -0.2) is 0 Å². The zero-order valence-corrected chi connectivity index (χ0v) is 13.4. The third-order valence-electron chi connectivity index (χ3n) is 3.62. The van der Waals surface area contributed by atoms with E-state index in [0.717, 1.165) is 37.7 Å². The Morgan fingerprint density at radius 3 is 3.00 bits per heavy atom. The first-order valence-electron chi connectivity index (χ1n) is 7.74. The van der Waals surface area contributed by atoms with Gasteiger partial charge in [0.15, 0.2) is 0 Å². The van der Waals surface area contributed by atoms with E-state index in [1.54, 1.807) is 0 Å². The molecule has 1 aromatic rings. The van der Waals surface area contributed by atoms with E-state index in [9.17, 15) is 0 Å². The van der Waals surface area contributed by atoms with Crippen molar-refractivity contribution >= 4 is 11.8 Å². The van der Waals surface area contributed by atoms with Gasteiger partial charge in [-0.2, -0.15) is 11.8 Å². The van der Waals surface area contributed by atoms with Crippen LogP contribution in [0.5, 0.6) is 5.75 Å². The molecule has 0 aromatic carbocycles. The van der Waals surface area contributed by atoms with E-state index in [-0.39, 0.29) is 0 Å². The largest absolute Gasteiger partial charge is 0.492 e. The Kier molecular flexibility index (Phi) is 6.67. The van der Waals surface area contributed by atoms with Crippen LogP contribution in [0.4, 0.5) is 0 Å². The molecule has 1 N–H and O–H groups in total. The zero-order chi connectivity index (χ0) is 14.2. The van der Waals surface area contributed by atoms with E-state index in [1.165, 1.54) is 23.5 Å². The van der Waals surface area contributed by atoms with E-state index in [0.29, 0.717) is 6.04 Å². The van der Waals surface area contributed by atoms with Crippen molar-refractivity contribution in [3.8, 4) is 5.75 Å². The van der Waals surface area contributed by atoms with Gasteiger partial charge in [-0.05, 0) is 54.9 Å². The van der Waals surface area contributed by atoms with Crippen LogP contribution in [0.1, 0.15) is 44.7 Å². The highest BCUT2D eigenvalue weighted by Gasteiger charge is 2.26. The van der Waals surface area contributed by atoms with Gasteiger partial charge < -0.3 is 10.1 Å². The minimum Gasteiger partial charge on any atom is -0.492 e. The highest BCUT2D eigenvalue weighted by Crippen LogP contribution is 2.34. The molecule has 2 atom stereocenters. The summed E-state index contributed by atoms with van der Waals surface area (Å²) in [5.41, 5.74) is 1.28. The summed E-state index contributed by atoms with van der Waals surface area (Å²) in [5, 5.41) is 3.70. The molecular weight excluding hydrogens is 268 g/mol. The predicted molar refractivity (Wildman–Crippen MR) is 86.5 cm³/mol. The van der Waals surface area contributed by atoms with Gasteiger partial charge >= 0.3 is 0 Å². The Balaban J connectivity index is 2.09. The van der Waals surface area contributed by atoms with Crippen LogP contribution in [-0.2, 0) is 0 Å². The van der Waals surface area contributed by atoms with Crippen LogP contribution >= 0.6 is 11.8 Å². The molecular formula is C16H26N2OS. The van der Waals surface area contributed by atoms with Gasteiger partial charge in [0.05, 0.1) is 12.8 Å². The van der Waals surface area contributed by atoms with E-state index in [2.05, 4.69) is 42.0 Å². The van der Waals surface area contributed by atoms with Crippen molar-refractivity contribution in [3.63, 3.8) is 0 Å². The number of ether oxygens (including phenoxy) is 1. The van der Waals surface area contributed by atoms with Gasteiger partial charge in [0.2, 0.25) is 0 Å². The molecule has 112 valence electrons. The molecule has 0 bridgehead atoms. The summed E-state index contributed by atoms with van der Waals surface area (Å²) in [6, 6.07) is 2.58. The number of aromatic nitrogens is 1. The van der Waals surface area contributed by atoms with Crippen LogP contribution in [0.25, 0.3) is 0 Å². The van der Waals surface area contributed by atoms with E-state index in [4.69, 9.17) is 4.74 Å². The molecule has 1 aromatic heterocycles. The quantitative estimate of drug-likeness (QED) is 0.793. The fourth-order valence-electron chi connectivity index (χ4n) is 2.58. The summed E-state index contributed by atoms with van der Waals surface area (Å²) in [5.74, 6) is 4.16. The Morgan fingerprint density at radius 2 is 2.30 bits per heavy atom. The molecule has 20 heavy (non-hydrogen) atoms. The lowest BCUT2D eigenvalue weighted by Gasteiger charge is -2.25. The molecule has 2 unspecified atom stereocenters. The summed E-state index contributed by atoms with van der Waals surface area (Å²) in [4.78, 5) is 4.37. The minimum atomic E-state index is 0.419. The lowest BCUT2D eigenvalue weighted by molar-refractivity contribution is 0.314. The first-order valence-corrected chi connectivity index (χ1v) is 8.89. The average Bonchev–Trinajstić information content (AvgIpc) is 3.00. The van der Waals surface area contributed by atoms with Crippen LogP contribution < -0.4 is 10.1 Å². The molecule has 0 radical (unpaired) electrons. The second-order valence-electron chi connectivity index (χ2n) is 5.36. The molecule has 0 aliphatic carbocycles. The summed E-state index contributed by atoms with van der Waals surface area (Å²) >= 11 is 2.07. The van der Waals surface area contributed by atoms with Gasteiger partial charge in [0, 0.05) is 12.2 Å². The van der Waals surface area contributed by atoms with Gasteiger partial charge in [0.25, 0.3) is 0 Å². The van der Waals surface area contributed by atoms with Crippen LogP contribution in [0.2, 0.25) is 0 Å². The van der Waals surface area contributed by atoms with Crippen molar-refractivity contribution in [1.82, 2.24) is 10.3 Å². The van der Waals surface area contributed by atoms with Gasteiger partial charge in [-0.3, -0.25) is 4.98 Å². The van der Waals surface area contributed by atoms with Crippen LogP contribution in [-0.4, -0.2) is 29.6 Å². The lowest BCUT2D eigenvalue weighted by Crippen LogP contribution is -2.29. The fraction of sp³-hybridized carbons (Fsp3) is 0.688. The third kappa shape index (κ3) is 4.38. The Hall–Kier alpha value is -0.740. The van der Waals surface area contributed by atoms with Gasteiger partial charge in [-0.15, -0.1) is 0 Å². The summed E-state index contributed by atoms with van der Waals surface area (Å²) in [6.07, 6.45) is 7.30. The first kappa shape index (κ1) is 15.6. The normalized spacial score (nSPS) is 20.0. The Bertz CT molecular complexity index is 394. The van der Waals surface area contributed by atoms with Gasteiger partial charge in [0.1, 0.15) is 5.75 Å². The highest BCUT2D eigenvalue weighted by atomic mass is 32.2. The first-order chi connectivity index (χ1) is 9.85. The van der Waals surface area contributed by atoms with E-state index in [1.807, 2.05) is 12.4 Å². The lowest BCUT2D eigenvalue weighted by atomic mass is 9.93. The molecule has 0 amide bonds. The van der Waals surface area contributed by atoms with E-state index >= 15 is 0 Å². The summed E-state index contributed by atoms with van der Waals surface area (Å²) in [6.45, 7) is 6.16. The third-order valence-corrected chi connectivity index (χ3v) is 4.81. The van der Waals surface area contributed by atoms with Crippen molar-refractivity contribution in [2.45, 2.75) is 39.2 Å². The molecule has 4 heteroatoms. The summed E-state index contributed by atoms with van der Waals surface area (Å²) < 4.78 is 5.72. The van der Waals surface area contributed by atoms with Crippen molar-refractivity contribution in [1.29, 1.82) is 0 Å². The number of thioether (sulfide) groups is 1. The molecule has 1 aliphatic heterocycles. The topological polar surface area (TPSA) is 34.2 Å². The standard InChI is InChI=1S/C16H26N2OS/c1-3-6-18-16(13-5-8-20-12-13)14-9-15(11-17-10-14)19-7-4-2/h9-11,13,16,18H,3-8,12H2,1-2H3. The summed E-state index contributed by atoms with van der Waals surface area (Å²) in [7, 11) is 0. The maximum Gasteiger partial charge on any atom is 0.137 e. The molecule has 2 heterocycles. The number of hydrogen-bond acceptors (Lipinski definition) is 4. The molecule has 1 aliphatic rings. The van der Waals surface area contributed by atoms with Crippen molar-refractivity contribution in [2.75, 3.05) is 24.7 Å². The molecule has 3 nitrogen and oxygen atoms in total. The van der Waals surface area contributed by atoms with Crippen LogP contribution in [0.15, 0.2) is 18.5 Å². The SMILES string of the molecule is CCCNC(c1cncc(OCCC)c1)C1CCSC1. The predicted octanol–water partition coefficient (Wildman–Crippen LogP) is 3.66. The smallest absolute Gasteiger partial charge is 0.137 e. The second-order valence-corrected chi connectivity index (χ2v) is 6.51. The van der Waals surface area contributed by atoms with Crippen molar-refractivity contribution in [2.24, 2.45) is 5.92 Å². The van der Waals surface area contributed by atoms with Crippen molar-refractivity contribution in [3.05, 3.63) is 24.0 Å². The average molecular weight is 294 g/mol. The number of nitrogens with zero attached hydrogens (tertiary/aromatic N) is 1. The van der Waals surface area contributed by atoms with Crippen molar-refractivity contribution < 1.29 is 4.74 Å². The Morgan fingerprint density at radius 1 is 1.40 bits per heavy atom. The zero-order valence-electron chi connectivity index (χ0n) is 12.6. The van der Waals surface area contributed by atoms with Crippen LogP contribution in [0.3, 0.4) is 0 Å². The number of pyridine rings is 1. The molecule has 2 rings (SSSR count). The maximum absolute atomic E-state index is 5.72. The van der Waals surface area contributed by atoms with Gasteiger partial charge in [-0.1, -0.05) is 13.8 Å². The van der Waals surface area contributed by atoms with Crippen LogP contribution in [0, 0.1) is 5.92 Å². The number of nitrogens with one attached hydrogen (secondary N) is 1. The Labute approximate surface area is 126 Å². The molecule has 0 spiro atoms. The molecule has 0 saturated carbocycles.